The Bertz CT molecular complexity index is 1010. The molecular formula is C24H29N3O4. The first kappa shape index (κ1) is 20.1. The van der Waals surface area contributed by atoms with E-state index in [0.717, 1.165) is 42.4 Å². The maximum Gasteiger partial charge on any atom is 0.305 e. The largest absolute Gasteiger partial charge is 0.451 e. The molecule has 4 aliphatic rings. The molecule has 7 heteroatoms. The molecule has 164 valence electrons. The van der Waals surface area contributed by atoms with Crippen LogP contribution in [0.25, 0.3) is 11.0 Å². The van der Waals surface area contributed by atoms with E-state index >= 15 is 0 Å². The Morgan fingerprint density at radius 1 is 0.968 bits per heavy atom. The summed E-state index contributed by atoms with van der Waals surface area (Å²) >= 11 is 0. The summed E-state index contributed by atoms with van der Waals surface area (Å²) in [5.74, 6) is 1.46. The van der Waals surface area contributed by atoms with Crippen molar-refractivity contribution >= 4 is 28.7 Å². The van der Waals surface area contributed by atoms with Gasteiger partial charge in [0, 0.05) is 17.4 Å². The highest BCUT2D eigenvalue weighted by Gasteiger charge is 2.51. The van der Waals surface area contributed by atoms with E-state index in [1.807, 2.05) is 18.2 Å². The Morgan fingerprint density at radius 3 is 2.26 bits per heavy atom. The van der Waals surface area contributed by atoms with Crippen LogP contribution in [-0.4, -0.2) is 24.3 Å². The summed E-state index contributed by atoms with van der Waals surface area (Å²) in [6.45, 7) is 1.64. The maximum absolute atomic E-state index is 12.5. The molecule has 1 aromatic heterocycles. The summed E-state index contributed by atoms with van der Waals surface area (Å²) in [7, 11) is 0. The number of benzene rings is 1. The van der Waals surface area contributed by atoms with E-state index in [-0.39, 0.29) is 23.6 Å². The summed E-state index contributed by atoms with van der Waals surface area (Å²) in [6, 6.07) is 7.38. The highest BCUT2D eigenvalue weighted by molar-refractivity contribution is 5.99. The van der Waals surface area contributed by atoms with Crippen LogP contribution in [0.15, 0.2) is 28.7 Å². The van der Waals surface area contributed by atoms with Crippen molar-refractivity contribution in [3.8, 4) is 0 Å². The second-order valence-corrected chi connectivity index (χ2v) is 9.93. The van der Waals surface area contributed by atoms with Crippen LogP contribution < -0.4 is 16.2 Å². The molecule has 3 amide bonds. The molecular weight excluding hydrogens is 394 g/mol. The molecule has 2 aromatic rings. The second-order valence-electron chi connectivity index (χ2n) is 9.93. The number of hydrogen-bond acceptors (Lipinski definition) is 4. The average Bonchev–Trinajstić information content (AvgIpc) is 3.06. The molecule has 0 radical (unpaired) electrons. The number of nitrogens with one attached hydrogen (secondary N) is 3. The fourth-order valence-electron chi connectivity index (χ4n) is 6.71. The number of hydrazine groups is 1. The van der Waals surface area contributed by atoms with Gasteiger partial charge < -0.3 is 9.73 Å². The number of rotatable bonds is 5. The van der Waals surface area contributed by atoms with Crippen molar-refractivity contribution in [2.45, 2.75) is 51.9 Å². The lowest BCUT2D eigenvalue weighted by Crippen LogP contribution is -2.49. The van der Waals surface area contributed by atoms with Crippen LogP contribution >= 0.6 is 0 Å². The highest BCUT2D eigenvalue weighted by atomic mass is 16.3. The first-order valence-corrected chi connectivity index (χ1v) is 11.2. The number of amides is 3. The maximum atomic E-state index is 12.5. The quantitative estimate of drug-likeness (QED) is 0.643. The van der Waals surface area contributed by atoms with Crippen LogP contribution in [0.3, 0.4) is 0 Å². The standard InChI is InChI=1S/C24H29N3O4/c1-14-18-4-2-3-5-19(18)31-22(14)23(30)27-26-21(29)13-25-20(28)12-24-9-15-6-16(10-24)8-17(7-15)11-24/h2-5,15-17H,6-13H2,1H3,(H,25,28)(H,26,29)(H,27,30). The smallest absolute Gasteiger partial charge is 0.305 e. The molecule has 31 heavy (non-hydrogen) atoms. The minimum atomic E-state index is -0.526. The summed E-state index contributed by atoms with van der Waals surface area (Å²) in [6.07, 6.45) is 8.01. The summed E-state index contributed by atoms with van der Waals surface area (Å²) in [4.78, 5) is 37.1. The fourth-order valence-corrected chi connectivity index (χ4v) is 6.71. The second kappa shape index (κ2) is 7.70. The highest BCUT2D eigenvalue weighted by Crippen LogP contribution is 2.61. The number of aryl methyl sites for hydroxylation is 1. The van der Waals surface area contributed by atoms with Gasteiger partial charge in [0.05, 0.1) is 6.54 Å². The van der Waals surface area contributed by atoms with Gasteiger partial charge in [0.1, 0.15) is 5.58 Å². The molecule has 4 fully saturated rings. The van der Waals surface area contributed by atoms with Gasteiger partial charge in [-0.2, -0.15) is 0 Å². The van der Waals surface area contributed by atoms with Gasteiger partial charge in [0.15, 0.2) is 5.76 Å². The zero-order chi connectivity index (χ0) is 21.6. The van der Waals surface area contributed by atoms with Crippen LogP contribution in [0.1, 0.15) is 61.1 Å². The number of para-hydroxylation sites is 1. The van der Waals surface area contributed by atoms with Gasteiger partial charge in [-0.3, -0.25) is 25.2 Å². The zero-order valence-electron chi connectivity index (χ0n) is 17.8. The summed E-state index contributed by atoms with van der Waals surface area (Å²) < 4.78 is 5.59. The number of carbonyl (C=O) groups is 3. The van der Waals surface area contributed by atoms with Gasteiger partial charge in [-0.05, 0) is 74.7 Å². The monoisotopic (exact) mass is 423 g/mol. The zero-order valence-corrected chi connectivity index (χ0v) is 17.8. The van der Waals surface area contributed by atoms with Crippen LogP contribution in [0.5, 0.6) is 0 Å². The lowest BCUT2D eigenvalue weighted by Gasteiger charge is -2.56. The van der Waals surface area contributed by atoms with Crippen molar-refractivity contribution in [1.29, 1.82) is 0 Å². The van der Waals surface area contributed by atoms with E-state index in [1.54, 1.807) is 13.0 Å². The molecule has 1 aromatic carbocycles. The van der Waals surface area contributed by atoms with Gasteiger partial charge >= 0.3 is 5.91 Å². The van der Waals surface area contributed by atoms with Crippen LogP contribution in [-0.2, 0) is 9.59 Å². The van der Waals surface area contributed by atoms with Crippen molar-refractivity contribution in [2.24, 2.45) is 23.2 Å². The molecule has 1 heterocycles. The number of furan rings is 1. The molecule has 0 unspecified atom stereocenters. The SMILES string of the molecule is Cc1c(C(=O)NNC(=O)CNC(=O)CC23CC4CC(CC(C4)C2)C3)oc2ccccc12. The van der Waals surface area contributed by atoms with E-state index in [4.69, 9.17) is 4.42 Å². The molecule has 7 nitrogen and oxygen atoms in total. The lowest BCUT2D eigenvalue weighted by atomic mass is 9.49. The van der Waals surface area contributed by atoms with Crippen molar-refractivity contribution in [1.82, 2.24) is 16.2 Å². The van der Waals surface area contributed by atoms with Gasteiger partial charge in [-0.1, -0.05) is 18.2 Å². The van der Waals surface area contributed by atoms with Crippen LogP contribution in [0.4, 0.5) is 0 Å². The van der Waals surface area contributed by atoms with E-state index < -0.39 is 11.8 Å². The van der Waals surface area contributed by atoms with Gasteiger partial charge in [0.2, 0.25) is 5.91 Å². The summed E-state index contributed by atoms with van der Waals surface area (Å²) in [5, 5.41) is 3.59. The predicted octanol–water partition coefficient (Wildman–Crippen LogP) is 3.22. The minimum Gasteiger partial charge on any atom is -0.451 e. The number of fused-ring (bicyclic) bond motifs is 1. The Kier molecular flexibility index (Phi) is 4.99. The molecule has 0 aliphatic heterocycles. The van der Waals surface area contributed by atoms with Gasteiger partial charge in [0.25, 0.3) is 5.91 Å². The Hall–Kier alpha value is -2.83. The van der Waals surface area contributed by atoms with Gasteiger partial charge in [-0.15, -0.1) is 0 Å². The molecule has 0 spiro atoms. The number of carbonyl (C=O) groups excluding carboxylic acids is 3. The molecule has 4 aliphatic carbocycles. The molecule has 0 saturated heterocycles. The van der Waals surface area contributed by atoms with Crippen molar-refractivity contribution in [3.05, 3.63) is 35.6 Å². The Balaban J connectivity index is 1.10. The Labute approximate surface area is 181 Å². The fraction of sp³-hybridized carbons (Fsp3) is 0.542. The van der Waals surface area contributed by atoms with Crippen LogP contribution in [0, 0.1) is 30.1 Å². The number of hydrogen-bond donors (Lipinski definition) is 3. The van der Waals surface area contributed by atoms with E-state index in [0.29, 0.717) is 17.6 Å². The van der Waals surface area contributed by atoms with Crippen LogP contribution in [0.2, 0.25) is 0 Å². The molecule has 6 rings (SSSR count). The molecule has 3 N–H and O–H groups in total. The van der Waals surface area contributed by atoms with Crippen molar-refractivity contribution in [2.75, 3.05) is 6.54 Å². The van der Waals surface area contributed by atoms with E-state index in [2.05, 4.69) is 16.2 Å². The lowest BCUT2D eigenvalue weighted by molar-refractivity contribution is -0.132. The van der Waals surface area contributed by atoms with E-state index in [9.17, 15) is 14.4 Å². The topological polar surface area (TPSA) is 100 Å². The molecule has 4 saturated carbocycles. The van der Waals surface area contributed by atoms with E-state index in [1.165, 1.54) is 19.3 Å². The normalized spacial score (nSPS) is 28.5. The third kappa shape index (κ3) is 3.93. The predicted molar refractivity (Wildman–Crippen MR) is 115 cm³/mol. The Morgan fingerprint density at radius 2 is 1.61 bits per heavy atom. The molecule has 0 atom stereocenters. The van der Waals surface area contributed by atoms with Crippen molar-refractivity contribution in [3.63, 3.8) is 0 Å². The minimum absolute atomic E-state index is 0.0726. The first-order chi connectivity index (χ1) is 14.9. The van der Waals surface area contributed by atoms with Crippen molar-refractivity contribution < 1.29 is 18.8 Å². The molecule has 4 bridgehead atoms. The first-order valence-electron chi connectivity index (χ1n) is 11.2. The summed E-state index contributed by atoms with van der Waals surface area (Å²) in [5.41, 5.74) is 6.20. The third-order valence-electron chi connectivity index (χ3n) is 7.51. The average molecular weight is 424 g/mol. The van der Waals surface area contributed by atoms with Gasteiger partial charge in [-0.25, -0.2) is 0 Å². The third-order valence-corrected chi connectivity index (χ3v) is 7.51.